The smallest absolute Gasteiger partial charge is 0.0241 e. The van der Waals surface area contributed by atoms with Crippen molar-refractivity contribution in [2.24, 2.45) is 11.7 Å². The molecule has 1 aromatic rings. The molecule has 0 heterocycles. The third-order valence-corrected chi connectivity index (χ3v) is 3.95. The largest absolute Gasteiger partial charge is 0.329 e. The van der Waals surface area contributed by atoms with Crippen LogP contribution in [0.1, 0.15) is 36.1 Å². The molecule has 102 valence electrons. The van der Waals surface area contributed by atoms with E-state index in [0.717, 1.165) is 13.1 Å². The first kappa shape index (κ1) is 15.2. The Morgan fingerprint density at radius 3 is 2.11 bits per heavy atom. The maximum Gasteiger partial charge on any atom is 0.0241 e. The van der Waals surface area contributed by atoms with Crippen LogP contribution in [0.2, 0.25) is 0 Å². The van der Waals surface area contributed by atoms with Gasteiger partial charge in [0.2, 0.25) is 0 Å². The lowest BCUT2D eigenvalue weighted by molar-refractivity contribution is 0.189. The Kier molecular flexibility index (Phi) is 5.36. The standard InChI is InChI=1S/C16H28N2/c1-11(2)16(9-17)18(6)10-15-8-13(4)12(3)7-14(15)5/h7-8,11,16H,9-10,17H2,1-6H3. The second-order valence-corrected chi connectivity index (χ2v) is 5.83. The molecule has 0 radical (unpaired) electrons. The second-order valence-electron chi connectivity index (χ2n) is 5.83. The Balaban J connectivity index is 2.87. The number of hydrogen-bond donors (Lipinski definition) is 1. The molecule has 0 aliphatic heterocycles. The normalized spacial score (nSPS) is 13.4. The van der Waals surface area contributed by atoms with Crippen LogP contribution in [0, 0.1) is 26.7 Å². The summed E-state index contributed by atoms with van der Waals surface area (Å²) < 4.78 is 0. The van der Waals surface area contributed by atoms with E-state index in [1.54, 1.807) is 0 Å². The molecule has 0 aliphatic carbocycles. The van der Waals surface area contributed by atoms with Crippen LogP contribution in [0.25, 0.3) is 0 Å². The number of benzene rings is 1. The first-order valence-electron chi connectivity index (χ1n) is 6.83. The number of nitrogens with zero attached hydrogens (tertiary/aromatic N) is 1. The number of likely N-dealkylation sites (N-methyl/N-ethyl adjacent to an activating group) is 1. The Morgan fingerprint density at radius 2 is 1.61 bits per heavy atom. The molecule has 2 nitrogen and oxygen atoms in total. The SMILES string of the molecule is Cc1cc(C)c(CN(C)C(CN)C(C)C)cc1C. The maximum absolute atomic E-state index is 5.88. The van der Waals surface area contributed by atoms with Gasteiger partial charge in [0, 0.05) is 19.1 Å². The molecule has 0 aliphatic rings. The number of hydrogen-bond acceptors (Lipinski definition) is 2. The van der Waals surface area contributed by atoms with Gasteiger partial charge in [0.25, 0.3) is 0 Å². The number of nitrogens with two attached hydrogens (primary N) is 1. The van der Waals surface area contributed by atoms with Gasteiger partial charge in [0.1, 0.15) is 0 Å². The average Bonchev–Trinajstić information content (AvgIpc) is 2.26. The molecule has 1 aromatic carbocycles. The minimum Gasteiger partial charge on any atom is -0.329 e. The molecule has 2 N–H and O–H groups in total. The van der Waals surface area contributed by atoms with E-state index in [4.69, 9.17) is 5.73 Å². The Morgan fingerprint density at radius 1 is 1.06 bits per heavy atom. The van der Waals surface area contributed by atoms with Crippen molar-refractivity contribution in [3.8, 4) is 0 Å². The summed E-state index contributed by atoms with van der Waals surface area (Å²) in [6, 6.07) is 5.05. The quantitative estimate of drug-likeness (QED) is 0.868. The summed E-state index contributed by atoms with van der Waals surface area (Å²) in [7, 11) is 2.17. The fraction of sp³-hybridized carbons (Fsp3) is 0.625. The van der Waals surface area contributed by atoms with Crippen LogP contribution < -0.4 is 5.73 Å². The fourth-order valence-electron chi connectivity index (χ4n) is 2.54. The Hall–Kier alpha value is -0.860. The van der Waals surface area contributed by atoms with Crippen molar-refractivity contribution in [1.29, 1.82) is 0 Å². The lowest BCUT2D eigenvalue weighted by Gasteiger charge is -2.30. The van der Waals surface area contributed by atoms with Gasteiger partial charge in [-0.15, -0.1) is 0 Å². The van der Waals surface area contributed by atoms with E-state index < -0.39 is 0 Å². The molecule has 1 unspecified atom stereocenters. The van der Waals surface area contributed by atoms with Crippen LogP contribution in [0.5, 0.6) is 0 Å². The van der Waals surface area contributed by atoms with Gasteiger partial charge in [0.15, 0.2) is 0 Å². The van der Waals surface area contributed by atoms with Gasteiger partial charge < -0.3 is 5.73 Å². The van der Waals surface area contributed by atoms with Crippen LogP contribution in [0.15, 0.2) is 12.1 Å². The van der Waals surface area contributed by atoms with Gasteiger partial charge in [-0.25, -0.2) is 0 Å². The second kappa shape index (κ2) is 6.35. The predicted octanol–water partition coefficient (Wildman–Crippen LogP) is 3.03. The lowest BCUT2D eigenvalue weighted by Crippen LogP contribution is -2.41. The molecule has 0 aromatic heterocycles. The number of rotatable bonds is 5. The van der Waals surface area contributed by atoms with E-state index in [1.165, 1.54) is 22.3 Å². The summed E-state index contributed by atoms with van der Waals surface area (Å²) in [5, 5.41) is 0. The molecule has 1 rings (SSSR count). The summed E-state index contributed by atoms with van der Waals surface area (Å²) in [6.07, 6.45) is 0. The van der Waals surface area contributed by atoms with E-state index in [1.807, 2.05) is 0 Å². The highest BCUT2D eigenvalue weighted by molar-refractivity contribution is 5.36. The third kappa shape index (κ3) is 3.56. The summed E-state index contributed by atoms with van der Waals surface area (Å²) >= 11 is 0. The van der Waals surface area contributed by atoms with Crippen LogP contribution >= 0.6 is 0 Å². The Labute approximate surface area is 112 Å². The molecular weight excluding hydrogens is 220 g/mol. The van der Waals surface area contributed by atoms with Gasteiger partial charge in [-0.2, -0.15) is 0 Å². The number of aryl methyl sites for hydroxylation is 3. The molecule has 18 heavy (non-hydrogen) atoms. The van der Waals surface area contributed by atoms with Crippen LogP contribution in [-0.4, -0.2) is 24.5 Å². The maximum atomic E-state index is 5.88. The fourth-order valence-corrected chi connectivity index (χ4v) is 2.54. The third-order valence-electron chi connectivity index (χ3n) is 3.95. The van der Waals surface area contributed by atoms with Gasteiger partial charge in [-0.3, -0.25) is 4.90 Å². The van der Waals surface area contributed by atoms with Gasteiger partial charge in [0.05, 0.1) is 0 Å². The van der Waals surface area contributed by atoms with Crippen molar-refractivity contribution >= 4 is 0 Å². The molecule has 1 atom stereocenters. The summed E-state index contributed by atoms with van der Waals surface area (Å²) in [5.41, 5.74) is 11.4. The summed E-state index contributed by atoms with van der Waals surface area (Å²) in [4.78, 5) is 2.38. The van der Waals surface area contributed by atoms with Crippen molar-refractivity contribution in [3.05, 3.63) is 34.4 Å². The lowest BCUT2D eigenvalue weighted by atomic mass is 9.98. The highest BCUT2D eigenvalue weighted by Gasteiger charge is 2.17. The van der Waals surface area contributed by atoms with E-state index in [0.29, 0.717) is 12.0 Å². The minimum absolute atomic E-state index is 0.450. The Bertz CT molecular complexity index is 396. The average molecular weight is 248 g/mol. The minimum atomic E-state index is 0.450. The molecule has 0 saturated carbocycles. The van der Waals surface area contributed by atoms with E-state index in [2.05, 4.69) is 58.7 Å². The van der Waals surface area contributed by atoms with Crippen LogP contribution in [-0.2, 0) is 6.54 Å². The van der Waals surface area contributed by atoms with Crippen LogP contribution in [0.3, 0.4) is 0 Å². The van der Waals surface area contributed by atoms with Gasteiger partial charge in [-0.05, 0) is 56.0 Å². The molecule has 2 heteroatoms. The van der Waals surface area contributed by atoms with E-state index in [-0.39, 0.29) is 0 Å². The van der Waals surface area contributed by atoms with Crippen molar-refractivity contribution in [3.63, 3.8) is 0 Å². The van der Waals surface area contributed by atoms with Crippen molar-refractivity contribution < 1.29 is 0 Å². The molecule has 0 amide bonds. The first-order valence-corrected chi connectivity index (χ1v) is 6.83. The van der Waals surface area contributed by atoms with E-state index in [9.17, 15) is 0 Å². The highest BCUT2D eigenvalue weighted by atomic mass is 15.1. The summed E-state index contributed by atoms with van der Waals surface area (Å²) in [6.45, 7) is 12.7. The zero-order valence-electron chi connectivity index (χ0n) is 12.7. The van der Waals surface area contributed by atoms with Crippen LogP contribution in [0.4, 0.5) is 0 Å². The monoisotopic (exact) mass is 248 g/mol. The molecule has 0 bridgehead atoms. The predicted molar refractivity (Wildman–Crippen MR) is 79.8 cm³/mol. The molecular formula is C16H28N2. The topological polar surface area (TPSA) is 29.3 Å². The first-order chi connectivity index (χ1) is 8.36. The summed E-state index contributed by atoms with van der Waals surface area (Å²) in [5.74, 6) is 0.590. The zero-order chi connectivity index (χ0) is 13.9. The molecule has 0 fully saturated rings. The van der Waals surface area contributed by atoms with Gasteiger partial charge in [-0.1, -0.05) is 26.0 Å². The van der Waals surface area contributed by atoms with Crippen molar-refractivity contribution in [2.45, 2.75) is 47.2 Å². The zero-order valence-corrected chi connectivity index (χ0v) is 12.7. The molecule has 0 saturated heterocycles. The molecule has 0 spiro atoms. The van der Waals surface area contributed by atoms with Crippen molar-refractivity contribution in [1.82, 2.24) is 4.90 Å². The van der Waals surface area contributed by atoms with Gasteiger partial charge >= 0.3 is 0 Å². The highest BCUT2D eigenvalue weighted by Crippen LogP contribution is 2.19. The van der Waals surface area contributed by atoms with Crippen molar-refractivity contribution in [2.75, 3.05) is 13.6 Å². The van der Waals surface area contributed by atoms with E-state index >= 15 is 0 Å².